The van der Waals surface area contributed by atoms with Crippen LogP contribution in [0.2, 0.25) is 0 Å². The van der Waals surface area contributed by atoms with Gasteiger partial charge in [-0.3, -0.25) is 14.4 Å². The minimum atomic E-state index is -0.592. The molecule has 1 aromatic rings. The van der Waals surface area contributed by atoms with Crippen LogP contribution in [0.25, 0.3) is 0 Å². The van der Waals surface area contributed by atoms with Gasteiger partial charge in [0.15, 0.2) is 0 Å². The molecule has 0 spiro atoms. The first-order valence-electron chi connectivity index (χ1n) is 7.90. The second-order valence-electron chi connectivity index (χ2n) is 5.76. The van der Waals surface area contributed by atoms with E-state index in [0.717, 1.165) is 25.7 Å². The number of hydrogen-bond acceptors (Lipinski definition) is 4. The number of benzene rings is 1. The maximum atomic E-state index is 11.8. The van der Waals surface area contributed by atoms with Gasteiger partial charge in [-0.2, -0.15) is 0 Å². The highest BCUT2D eigenvalue weighted by molar-refractivity contribution is 5.95. The molecule has 0 bridgehead atoms. The standard InChI is InChI=1S/C17H22N2O4/c1-12(20)18-14-7-9-15(10-8-14)23-17(22)11-16(21)19-13-5-3-2-4-6-13/h7-10,13H,2-6,11H2,1H3,(H,18,20)(H,19,21). The minimum Gasteiger partial charge on any atom is -0.426 e. The van der Waals surface area contributed by atoms with Gasteiger partial charge in [0.1, 0.15) is 12.2 Å². The molecule has 0 saturated heterocycles. The van der Waals surface area contributed by atoms with Gasteiger partial charge in [-0.1, -0.05) is 19.3 Å². The van der Waals surface area contributed by atoms with Gasteiger partial charge in [-0.15, -0.1) is 0 Å². The van der Waals surface area contributed by atoms with E-state index in [1.807, 2.05) is 0 Å². The van der Waals surface area contributed by atoms with Crippen molar-refractivity contribution in [3.63, 3.8) is 0 Å². The third-order valence-corrected chi connectivity index (χ3v) is 3.68. The molecule has 1 saturated carbocycles. The number of ether oxygens (including phenoxy) is 1. The Balaban J connectivity index is 1.77. The molecule has 1 aliphatic carbocycles. The normalized spacial score (nSPS) is 14.8. The Kier molecular flexibility index (Phi) is 6.14. The van der Waals surface area contributed by atoms with Crippen molar-refractivity contribution in [1.82, 2.24) is 5.32 Å². The average molecular weight is 318 g/mol. The fraction of sp³-hybridized carbons (Fsp3) is 0.471. The van der Waals surface area contributed by atoms with Crippen LogP contribution < -0.4 is 15.4 Å². The summed E-state index contributed by atoms with van der Waals surface area (Å²) in [5, 5.41) is 5.50. The van der Waals surface area contributed by atoms with Crippen LogP contribution in [-0.2, 0) is 14.4 Å². The lowest BCUT2D eigenvalue weighted by Crippen LogP contribution is -2.37. The summed E-state index contributed by atoms with van der Waals surface area (Å²) < 4.78 is 5.12. The molecule has 2 rings (SSSR count). The SMILES string of the molecule is CC(=O)Nc1ccc(OC(=O)CC(=O)NC2CCCCC2)cc1. The number of carbonyl (C=O) groups is 3. The van der Waals surface area contributed by atoms with E-state index in [4.69, 9.17) is 4.74 Å². The number of esters is 1. The fourth-order valence-corrected chi connectivity index (χ4v) is 2.63. The highest BCUT2D eigenvalue weighted by atomic mass is 16.5. The van der Waals surface area contributed by atoms with Crippen LogP contribution in [-0.4, -0.2) is 23.8 Å². The lowest BCUT2D eigenvalue weighted by Gasteiger charge is -2.22. The molecule has 0 radical (unpaired) electrons. The van der Waals surface area contributed by atoms with Crippen molar-refractivity contribution in [2.75, 3.05) is 5.32 Å². The van der Waals surface area contributed by atoms with Crippen molar-refractivity contribution in [2.45, 2.75) is 51.5 Å². The van der Waals surface area contributed by atoms with Crippen LogP contribution in [0.1, 0.15) is 45.4 Å². The maximum Gasteiger partial charge on any atom is 0.320 e. The third-order valence-electron chi connectivity index (χ3n) is 3.68. The highest BCUT2D eigenvalue weighted by Gasteiger charge is 2.18. The molecule has 1 fully saturated rings. The van der Waals surface area contributed by atoms with Gasteiger partial charge in [0.2, 0.25) is 11.8 Å². The number of amides is 2. The van der Waals surface area contributed by atoms with Crippen LogP contribution in [0.3, 0.4) is 0 Å². The first kappa shape index (κ1) is 17.0. The van der Waals surface area contributed by atoms with Gasteiger partial charge in [0.05, 0.1) is 0 Å². The van der Waals surface area contributed by atoms with E-state index in [-0.39, 0.29) is 24.3 Å². The number of rotatable bonds is 5. The van der Waals surface area contributed by atoms with Crippen LogP contribution >= 0.6 is 0 Å². The summed E-state index contributed by atoms with van der Waals surface area (Å²) in [5.41, 5.74) is 0.618. The Morgan fingerprint density at radius 3 is 2.35 bits per heavy atom. The van der Waals surface area contributed by atoms with E-state index in [1.54, 1.807) is 24.3 Å². The largest absolute Gasteiger partial charge is 0.426 e. The Bertz CT molecular complexity index is 562. The number of carbonyl (C=O) groups excluding carboxylic acids is 3. The lowest BCUT2D eigenvalue weighted by molar-refractivity contribution is -0.138. The molecule has 6 nitrogen and oxygen atoms in total. The minimum absolute atomic E-state index is 0.172. The average Bonchev–Trinajstić information content (AvgIpc) is 2.49. The molecule has 0 heterocycles. The summed E-state index contributed by atoms with van der Waals surface area (Å²) in [6.07, 6.45) is 5.12. The van der Waals surface area contributed by atoms with Crippen LogP contribution in [0.4, 0.5) is 5.69 Å². The van der Waals surface area contributed by atoms with Crippen LogP contribution in [0.15, 0.2) is 24.3 Å². The van der Waals surface area contributed by atoms with Crippen molar-refractivity contribution in [1.29, 1.82) is 0 Å². The molecule has 1 aliphatic rings. The van der Waals surface area contributed by atoms with Crippen molar-refractivity contribution in [2.24, 2.45) is 0 Å². The zero-order chi connectivity index (χ0) is 16.7. The second kappa shape index (κ2) is 8.31. The first-order chi connectivity index (χ1) is 11.0. The monoisotopic (exact) mass is 318 g/mol. The van der Waals surface area contributed by atoms with Crippen LogP contribution in [0, 0.1) is 0 Å². The van der Waals surface area contributed by atoms with Gasteiger partial charge in [-0.25, -0.2) is 0 Å². The Labute approximate surface area is 135 Å². The zero-order valence-electron chi connectivity index (χ0n) is 13.3. The van der Waals surface area contributed by atoms with E-state index in [9.17, 15) is 14.4 Å². The molecule has 2 amide bonds. The van der Waals surface area contributed by atoms with Gasteiger partial charge in [0, 0.05) is 18.7 Å². The summed E-state index contributed by atoms with van der Waals surface area (Å²) in [6, 6.07) is 6.59. The topological polar surface area (TPSA) is 84.5 Å². The van der Waals surface area contributed by atoms with E-state index in [2.05, 4.69) is 10.6 Å². The Morgan fingerprint density at radius 2 is 1.74 bits per heavy atom. The van der Waals surface area contributed by atoms with Gasteiger partial charge < -0.3 is 15.4 Å². The molecule has 0 aromatic heterocycles. The lowest BCUT2D eigenvalue weighted by atomic mass is 9.95. The molecular formula is C17H22N2O4. The van der Waals surface area contributed by atoms with Crippen LogP contribution in [0.5, 0.6) is 5.75 Å². The predicted molar refractivity (Wildman–Crippen MR) is 86.0 cm³/mol. The van der Waals surface area contributed by atoms with E-state index >= 15 is 0 Å². The molecule has 23 heavy (non-hydrogen) atoms. The smallest absolute Gasteiger partial charge is 0.320 e. The Morgan fingerprint density at radius 1 is 1.09 bits per heavy atom. The van der Waals surface area contributed by atoms with Crippen molar-refractivity contribution >= 4 is 23.5 Å². The Hall–Kier alpha value is -2.37. The fourth-order valence-electron chi connectivity index (χ4n) is 2.63. The van der Waals surface area contributed by atoms with E-state index in [0.29, 0.717) is 11.4 Å². The number of nitrogens with one attached hydrogen (secondary N) is 2. The number of anilines is 1. The third kappa shape index (κ3) is 6.10. The molecule has 0 aliphatic heterocycles. The number of hydrogen-bond donors (Lipinski definition) is 2. The van der Waals surface area contributed by atoms with Crippen molar-refractivity contribution in [3.05, 3.63) is 24.3 Å². The molecule has 0 unspecified atom stereocenters. The molecule has 6 heteroatoms. The summed E-state index contributed by atoms with van der Waals surface area (Å²) in [4.78, 5) is 34.5. The molecular weight excluding hydrogens is 296 g/mol. The summed E-state index contributed by atoms with van der Waals surface area (Å²) in [5.74, 6) is -0.717. The second-order valence-corrected chi connectivity index (χ2v) is 5.76. The van der Waals surface area contributed by atoms with Gasteiger partial charge in [-0.05, 0) is 37.1 Å². The molecule has 2 N–H and O–H groups in total. The highest BCUT2D eigenvalue weighted by Crippen LogP contribution is 2.18. The van der Waals surface area contributed by atoms with E-state index < -0.39 is 5.97 Å². The van der Waals surface area contributed by atoms with Crippen molar-refractivity contribution < 1.29 is 19.1 Å². The van der Waals surface area contributed by atoms with Gasteiger partial charge >= 0.3 is 5.97 Å². The predicted octanol–water partition coefficient (Wildman–Crippen LogP) is 2.39. The summed E-state index contributed by atoms with van der Waals surface area (Å²) >= 11 is 0. The van der Waals surface area contributed by atoms with Gasteiger partial charge in [0.25, 0.3) is 0 Å². The quantitative estimate of drug-likeness (QED) is 0.496. The first-order valence-corrected chi connectivity index (χ1v) is 7.90. The summed E-state index contributed by atoms with van der Waals surface area (Å²) in [6.45, 7) is 1.42. The zero-order valence-corrected chi connectivity index (χ0v) is 13.3. The molecule has 1 aromatic carbocycles. The molecule has 124 valence electrons. The van der Waals surface area contributed by atoms with E-state index in [1.165, 1.54) is 13.3 Å². The summed E-state index contributed by atoms with van der Waals surface area (Å²) in [7, 11) is 0. The van der Waals surface area contributed by atoms with Crippen molar-refractivity contribution in [3.8, 4) is 5.75 Å². The molecule has 0 atom stereocenters. The maximum absolute atomic E-state index is 11.8.